The molecule has 0 atom stereocenters. The third kappa shape index (κ3) is 3.35. The number of fused-ring (bicyclic) bond motifs is 5. The lowest BCUT2D eigenvalue weighted by Crippen LogP contribution is -2.03. The normalized spacial score (nSPS) is 12.8. The molecule has 1 N–H and O–H groups in total. The molecular weight excluding hydrogens is 585 g/mol. The molecule has 0 spiro atoms. The van der Waals surface area contributed by atoms with Crippen LogP contribution in [0.25, 0.3) is 93.9 Å². The number of ether oxygens (including phenoxy) is 1. The molecule has 48 heavy (non-hydrogen) atoms. The number of hydrogen-bond donors (Lipinski definition) is 1. The second-order valence-electron chi connectivity index (χ2n) is 12.8. The highest BCUT2D eigenvalue weighted by molar-refractivity contribution is 6.30. The molecule has 0 unspecified atom stereocenters. The Kier molecular flexibility index (Phi) is 4.99. The van der Waals surface area contributed by atoms with Crippen molar-refractivity contribution in [3.8, 4) is 27.9 Å². The molecule has 1 heterocycles. The molecule has 0 saturated heterocycles. The number of nitrogens with one attached hydrogen (secondary N) is 1. The SMILES string of the molecule is N=C(OC1=Cc2cc3ccc(-n4c5cccc6c5c5c7c(cccc7ccc54)-c4ccccc4-6)cc3c3cccc1c23)c1ccccc1. The number of nitrogens with zero attached hydrogens (tertiary/aromatic N) is 1. The topological polar surface area (TPSA) is 38.0 Å². The molecule has 0 saturated carbocycles. The standard InChI is InChI=1S/C45H26N2O/c46-45(27-9-2-1-3-10-27)48-40-24-29-23-28-19-21-30(25-37(28)35-15-7-17-36(40)41(29)35)47-38-18-8-16-34-32-13-5-4-12-31(32)33-14-6-11-26-20-22-39(47)44(42(26)33)43(34)38/h1-25,46H. The van der Waals surface area contributed by atoms with E-state index in [9.17, 15) is 0 Å². The van der Waals surface area contributed by atoms with Crippen LogP contribution in [0.15, 0.2) is 146 Å². The minimum absolute atomic E-state index is 0.149. The first-order valence-electron chi connectivity index (χ1n) is 16.4. The van der Waals surface area contributed by atoms with Crippen molar-refractivity contribution in [3.63, 3.8) is 0 Å². The van der Waals surface area contributed by atoms with Crippen molar-refractivity contribution in [2.45, 2.75) is 0 Å². The minimum atomic E-state index is 0.149. The average molecular weight is 611 g/mol. The maximum Gasteiger partial charge on any atom is 0.219 e. The zero-order chi connectivity index (χ0) is 31.5. The lowest BCUT2D eigenvalue weighted by molar-refractivity contribution is 0.509. The van der Waals surface area contributed by atoms with Crippen molar-refractivity contribution in [1.82, 2.24) is 4.57 Å². The predicted molar refractivity (Wildman–Crippen MR) is 200 cm³/mol. The Balaban J connectivity index is 1.15. The Morgan fingerprint density at radius 3 is 2.02 bits per heavy atom. The maximum absolute atomic E-state index is 8.63. The highest BCUT2D eigenvalue weighted by atomic mass is 16.5. The van der Waals surface area contributed by atoms with Gasteiger partial charge in [0.1, 0.15) is 5.76 Å². The van der Waals surface area contributed by atoms with Crippen LogP contribution in [0.2, 0.25) is 0 Å². The second kappa shape index (κ2) is 9.31. The molecule has 8 aromatic carbocycles. The Morgan fingerprint density at radius 2 is 1.17 bits per heavy atom. The van der Waals surface area contributed by atoms with Crippen LogP contribution in [0.1, 0.15) is 16.7 Å². The van der Waals surface area contributed by atoms with Crippen LogP contribution in [0.3, 0.4) is 0 Å². The molecule has 222 valence electrons. The molecular formula is C45H26N2O. The summed E-state index contributed by atoms with van der Waals surface area (Å²) < 4.78 is 8.66. The van der Waals surface area contributed by atoms with Gasteiger partial charge in [0, 0.05) is 33.0 Å². The van der Waals surface area contributed by atoms with E-state index in [1.165, 1.54) is 76.4 Å². The Hall–Kier alpha value is -6.45. The van der Waals surface area contributed by atoms with Crippen LogP contribution >= 0.6 is 0 Å². The van der Waals surface area contributed by atoms with E-state index in [1.54, 1.807) is 0 Å². The molecule has 0 bridgehead atoms. The number of hydrogen-bond acceptors (Lipinski definition) is 2. The Bertz CT molecular complexity index is 2930. The van der Waals surface area contributed by atoms with Gasteiger partial charge < -0.3 is 9.30 Å². The van der Waals surface area contributed by atoms with Gasteiger partial charge in [-0.05, 0) is 103 Å². The fraction of sp³-hybridized carbons (Fsp3) is 0. The molecule has 9 aromatic rings. The van der Waals surface area contributed by atoms with Gasteiger partial charge in [-0.15, -0.1) is 0 Å². The van der Waals surface area contributed by atoms with E-state index < -0.39 is 0 Å². The monoisotopic (exact) mass is 610 g/mol. The largest absolute Gasteiger partial charge is 0.438 e. The molecule has 0 radical (unpaired) electrons. The lowest BCUT2D eigenvalue weighted by Gasteiger charge is -2.15. The molecule has 2 aliphatic rings. The van der Waals surface area contributed by atoms with Gasteiger partial charge in [-0.3, -0.25) is 5.41 Å². The molecule has 1 aromatic heterocycles. The van der Waals surface area contributed by atoms with Gasteiger partial charge in [-0.1, -0.05) is 103 Å². The third-order valence-corrected chi connectivity index (χ3v) is 10.4. The molecule has 0 fully saturated rings. The summed E-state index contributed by atoms with van der Waals surface area (Å²) >= 11 is 0. The van der Waals surface area contributed by atoms with E-state index in [4.69, 9.17) is 10.1 Å². The van der Waals surface area contributed by atoms with Crippen molar-refractivity contribution < 1.29 is 4.74 Å². The first-order chi connectivity index (χ1) is 23.7. The van der Waals surface area contributed by atoms with Gasteiger partial charge in [0.05, 0.1) is 11.0 Å². The smallest absolute Gasteiger partial charge is 0.219 e. The summed E-state index contributed by atoms with van der Waals surface area (Å²) in [7, 11) is 0. The van der Waals surface area contributed by atoms with Gasteiger partial charge in [-0.2, -0.15) is 0 Å². The minimum Gasteiger partial charge on any atom is -0.438 e. The maximum atomic E-state index is 8.63. The summed E-state index contributed by atoms with van der Waals surface area (Å²) in [6, 6.07) is 52.0. The van der Waals surface area contributed by atoms with Gasteiger partial charge >= 0.3 is 0 Å². The van der Waals surface area contributed by atoms with E-state index in [-0.39, 0.29) is 5.90 Å². The zero-order valence-corrected chi connectivity index (χ0v) is 25.8. The van der Waals surface area contributed by atoms with Crippen molar-refractivity contribution in [2.24, 2.45) is 0 Å². The summed E-state index contributed by atoms with van der Waals surface area (Å²) in [5.74, 6) is 0.864. The third-order valence-electron chi connectivity index (χ3n) is 10.4. The fourth-order valence-electron chi connectivity index (χ4n) is 8.36. The van der Waals surface area contributed by atoms with Crippen LogP contribution in [0, 0.1) is 5.41 Å². The first kappa shape index (κ1) is 25.7. The first-order valence-corrected chi connectivity index (χ1v) is 16.4. The van der Waals surface area contributed by atoms with Crippen molar-refractivity contribution in [3.05, 3.63) is 162 Å². The van der Waals surface area contributed by atoms with E-state index in [1.807, 2.05) is 30.3 Å². The van der Waals surface area contributed by atoms with E-state index in [0.717, 1.165) is 22.4 Å². The van der Waals surface area contributed by atoms with Crippen LogP contribution in [0.4, 0.5) is 0 Å². The average Bonchev–Trinajstić information content (AvgIpc) is 3.63. The summed E-state index contributed by atoms with van der Waals surface area (Å²) in [6.45, 7) is 0. The molecule has 0 amide bonds. The van der Waals surface area contributed by atoms with Crippen LogP contribution in [-0.2, 0) is 4.74 Å². The zero-order valence-electron chi connectivity index (χ0n) is 25.8. The van der Waals surface area contributed by atoms with Crippen molar-refractivity contribution in [2.75, 3.05) is 0 Å². The predicted octanol–water partition coefficient (Wildman–Crippen LogP) is 11.7. The lowest BCUT2D eigenvalue weighted by atomic mass is 9.93. The summed E-state index contributed by atoms with van der Waals surface area (Å²) in [5, 5.41) is 18.6. The number of benzene rings is 8. The van der Waals surface area contributed by atoms with Crippen LogP contribution in [-0.4, -0.2) is 10.5 Å². The highest BCUT2D eigenvalue weighted by Gasteiger charge is 2.25. The molecule has 0 aliphatic heterocycles. The van der Waals surface area contributed by atoms with Crippen LogP contribution < -0.4 is 0 Å². The van der Waals surface area contributed by atoms with Gasteiger partial charge in [0.25, 0.3) is 0 Å². The number of rotatable bonds is 3. The number of aromatic nitrogens is 1. The molecule has 11 rings (SSSR count). The van der Waals surface area contributed by atoms with Crippen molar-refractivity contribution in [1.29, 1.82) is 5.41 Å². The quantitative estimate of drug-likeness (QED) is 0.121. The van der Waals surface area contributed by atoms with Gasteiger partial charge in [0.15, 0.2) is 0 Å². The summed E-state index contributed by atoms with van der Waals surface area (Å²) in [6.07, 6.45) is 2.08. The van der Waals surface area contributed by atoms with Crippen LogP contribution in [0.5, 0.6) is 0 Å². The molecule has 3 nitrogen and oxygen atoms in total. The fourth-order valence-corrected chi connectivity index (χ4v) is 8.36. The summed E-state index contributed by atoms with van der Waals surface area (Å²) in [4.78, 5) is 0. The molecule has 3 heteroatoms. The van der Waals surface area contributed by atoms with E-state index in [0.29, 0.717) is 5.76 Å². The Labute approximate surface area is 276 Å². The molecule has 2 aliphatic carbocycles. The Morgan fingerprint density at radius 1 is 0.479 bits per heavy atom. The second-order valence-corrected chi connectivity index (χ2v) is 12.8. The van der Waals surface area contributed by atoms with E-state index >= 15 is 0 Å². The summed E-state index contributed by atoms with van der Waals surface area (Å²) in [5.41, 5.74) is 11.6. The van der Waals surface area contributed by atoms with Crippen molar-refractivity contribution >= 4 is 71.9 Å². The van der Waals surface area contributed by atoms with E-state index in [2.05, 4.69) is 126 Å². The van der Waals surface area contributed by atoms with Gasteiger partial charge in [0.2, 0.25) is 5.90 Å². The highest BCUT2D eigenvalue weighted by Crippen LogP contribution is 2.50. The van der Waals surface area contributed by atoms with Gasteiger partial charge in [-0.25, -0.2) is 0 Å².